The number of hydrogen-bond acceptors (Lipinski definition) is 8. The third-order valence-corrected chi connectivity index (χ3v) is 4.83. The van der Waals surface area contributed by atoms with Crippen molar-refractivity contribution in [3.8, 4) is 0 Å². The number of piperidine rings is 1. The SMILES string of the molecule is CC(C)(C)OC(=O)N1CCCC(Nc2ccc(NC=C3C(=O)OC(C)(C)OC3=O)cc2)C1. The molecule has 1 atom stereocenters. The van der Waals surface area contributed by atoms with Crippen LogP contribution in [-0.4, -0.2) is 53.5 Å². The third-order valence-electron chi connectivity index (χ3n) is 4.83. The van der Waals surface area contributed by atoms with Crippen molar-refractivity contribution in [2.45, 2.75) is 64.9 Å². The molecule has 0 aromatic heterocycles. The number of nitrogens with zero attached hydrogens (tertiary/aromatic N) is 1. The van der Waals surface area contributed by atoms with Crippen LogP contribution in [0.2, 0.25) is 0 Å². The lowest BCUT2D eigenvalue weighted by Crippen LogP contribution is -2.46. The molecule has 1 aromatic rings. The molecule has 3 rings (SSSR count). The molecule has 2 N–H and O–H groups in total. The number of carbonyl (C=O) groups excluding carboxylic acids is 3. The molecule has 0 spiro atoms. The highest BCUT2D eigenvalue weighted by atomic mass is 16.7. The van der Waals surface area contributed by atoms with E-state index in [1.807, 2.05) is 45.0 Å². The molecule has 174 valence electrons. The van der Waals surface area contributed by atoms with Crippen LogP contribution in [0.5, 0.6) is 0 Å². The summed E-state index contributed by atoms with van der Waals surface area (Å²) in [6, 6.07) is 7.52. The fourth-order valence-electron chi connectivity index (χ4n) is 3.42. The van der Waals surface area contributed by atoms with Gasteiger partial charge >= 0.3 is 18.0 Å². The number of hydrogen-bond donors (Lipinski definition) is 2. The molecule has 2 heterocycles. The van der Waals surface area contributed by atoms with Gasteiger partial charge in [-0.2, -0.15) is 0 Å². The second kappa shape index (κ2) is 9.10. The van der Waals surface area contributed by atoms with Crippen molar-refractivity contribution < 1.29 is 28.6 Å². The second-order valence-corrected chi connectivity index (χ2v) is 9.37. The molecule has 9 nitrogen and oxygen atoms in total. The average molecular weight is 446 g/mol. The molecule has 9 heteroatoms. The lowest BCUT2D eigenvalue weighted by Gasteiger charge is -2.34. The minimum Gasteiger partial charge on any atom is -0.444 e. The van der Waals surface area contributed by atoms with Gasteiger partial charge in [-0.15, -0.1) is 0 Å². The lowest BCUT2D eigenvalue weighted by molar-refractivity contribution is -0.222. The first-order valence-electron chi connectivity index (χ1n) is 10.7. The highest BCUT2D eigenvalue weighted by Crippen LogP contribution is 2.24. The van der Waals surface area contributed by atoms with Crippen LogP contribution < -0.4 is 10.6 Å². The van der Waals surface area contributed by atoms with E-state index in [2.05, 4.69) is 10.6 Å². The van der Waals surface area contributed by atoms with Crippen molar-refractivity contribution in [1.82, 2.24) is 4.90 Å². The number of nitrogens with one attached hydrogen (secondary N) is 2. The monoisotopic (exact) mass is 445 g/mol. The Kier molecular flexibility index (Phi) is 6.66. The van der Waals surface area contributed by atoms with E-state index >= 15 is 0 Å². The summed E-state index contributed by atoms with van der Waals surface area (Å²) in [4.78, 5) is 38.1. The van der Waals surface area contributed by atoms with Crippen LogP contribution in [-0.2, 0) is 23.8 Å². The minimum atomic E-state index is -1.27. The molecule has 2 saturated heterocycles. The summed E-state index contributed by atoms with van der Waals surface area (Å²) in [5, 5.41) is 6.36. The molecule has 2 fully saturated rings. The standard InChI is InChI=1S/C23H31N3O6/c1-22(2,3)32-21(29)26-12-6-7-17(14-26)25-16-10-8-15(9-11-16)24-13-18-19(27)30-23(4,5)31-20(18)28/h8-11,13,17,24-25H,6-7,12,14H2,1-5H3. The van der Waals surface area contributed by atoms with Crippen molar-refractivity contribution in [3.63, 3.8) is 0 Å². The van der Waals surface area contributed by atoms with E-state index in [1.165, 1.54) is 20.0 Å². The maximum Gasteiger partial charge on any atom is 0.410 e. The van der Waals surface area contributed by atoms with E-state index in [9.17, 15) is 14.4 Å². The van der Waals surface area contributed by atoms with E-state index in [-0.39, 0.29) is 17.7 Å². The number of esters is 2. The van der Waals surface area contributed by atoms with Gasteiger partial charge in [-0.25, -0.2) is 14.4 Å². The largest absolute Gasteiger partial charge is 0.444 e. The van der Waals surface area contributed by atoms with Crippen molar-refractivity contribution >= 4 is 29.4 Å². The normalized spacial score (nSPS) is 20.7. The summed E-state index contributed by atoms with van der Waals surface area (Å²) in [7, 11) is 0. The van der Waals surface area contributed by atoms with Crippen LogP contribution in [0, 0.1) is 0 Å². The minimum absolute atomic E-state index is 0.118. The van der Waals surface area contributed by atoms with Gasteiger partial charge in [0.25, 0.3) is 5.79 Å². The molecule has 0 saturated carbocycles. The summed E-state index contributed by atoms with van der Waals surface area (Å²) >= 11 is 0. The van der Waals surface area contributed by atoms with E-state index < -0.39 is 23.3 Å². The van der Waals surface area contributed by atoms with Gasteiger partial charge in [0.1, 0.15) is 5.60 Å². The molecule has 2 aliphatic heterocycles. The van der Waals surface area contributed by atoms with Gasteiger partial charge in [0.05, 0.1) is 0 Å². The maximum absolute atomic E-state index is 12.3. The van der Waals surface area contributed by atoms with Crippen molar-refractivity contribution in [2.75, 3.05) is 23.7 Å². The van der Waals surface area contributed by atoms with Gasteiger partial charge in [-0.3, -0.25) is 0 Å². The molecular formula is C23H31N3O6. The van der Waals surface area contributed by atoms with E-state index in [0.29, 0.717) is 18.8 Å². The van der Waals surface area contributed by atoms with Gasteiger partial charge in [-0.05, 0) is 57.9 Å². The summed E-state index contributed by atoms with van der Waals surface area (Å²) in [6.45, 7) is 9.83. The first-order valence-corrected chi connectivity index (χ1v) is 10.7. The highest BCUT2D eigenvalue weighted by Gasteiger charge is 2.39. The molecule has 0 bridgehead atoms. The number of likely N-dealkylation sites (tertiary alicyclic amines) is 1. The van der Waals surface area contributed by atoms with Gasteiger partial charge in [-0.1, -0.05) is 0 Å². The fraction of sp³-hybridized carbons (Fsp3) is 0.522. The number of rotatable bonds is 4. The Balaban J connectivity index is 1.55. The zero-order chi connectivity index (χ0) is 23.5. The molecule has 0 aliphatic carbocycles. The molecular weight excluding hydrogens is 414 g/mol. The summed E-state index contributed by atoms with van der Waals surface area (Å²) in [5.74, 6) is -2.73. The number of benzene rings is 1. The summed E-state index contributed by atoms with van der Waals surface area (Å²) in [5.41, 5.74) is 0.873. The molecule has 1 amide bonds. The Labute approximate surface area is 188 Å². The third kappa shape index (κ3) is 6.38. The van der Waals surface area contributed by atoms with Crippen LogP contribution in [0.4, 0.5) is 16.2 Å². The number of anilines is 2. The van der Waals surface area contributed by atoms with E-state index in [4.69, 9.17) is 14.2 Å². The Bertz CT molecular complexity index is 879. The van der Waals surface area contributed by atoms with Gasteiger partial charge in [0.2, 0.25) is 0 Å². The first kappa shape index (κ1) is 23.4. The molecule has 1 unspecified atom stereocenters. The van der Waals surface area contributed by atoms with Crippen molar-refractivity contribution in [3.05, 3.63) is 36.0 Å². The number of carbonyl (C=O) groups is 3. The van der Waals surface area contributed by atoms with Crippen LogP contribution in [0.25, 0.3) is 0 Å². The first-order chi connectivity index (χ1) is 14.9. The summed E-state index contributed by atoms with van der Waals surface area (Å²) < 4.78 is 15.6. The Hall–Kier alpha value is -3.23. The van der Waals surface area contributed by atoms with Crippen molar-refractivity contribution in [2.24, 2.45) is 0 Å². The van der Waals surface area contributed by atoms with E-state index in [0.717, 1.165) is 18.5 Å². The molecule has 0 radical (unpaired) electrons. The quantitative estimate of drug-likeness (QED) is 0.411. The second-order valence-electron chi connectivity index (χ2n) is 9.37. The highest BCUT2D eigenvalue weighted by molar-refractivity contribution is 6.15. The Morgan fingerprint density at radius 2 is 1.72 bits per heavy atom. The topological polar surface area (TPSA) is 106 Å². The predicted molar refractivity (Wildman–Crippen MR) is 119 cm³/mol. The van der Waals surface area contributed by atoms with E-state index in [1.54, 1.807) is 4.90 Å². The average Bonchev–Trinajstić information content (AvgIpc) is 2.66. The van der Waals surface area contributed by atoms with Gasteiger partial charge < -0.3 is 29.7 Å². The van der Waals surface area contributed by atoms with Crippen LogP contribution in [0.15, 0.2) is 36.0 Å². The van der Waals surface area contributed by atoms with Gasteiger partial charge in [0, 0.05) is 50.6 Å². The fourth-order valence-corrected chi connectivity index (χ4v) is 3.42. The molecule has 32 heavy (non-hydrogen) atoms. The maximum atomic E-state index is 12.3. The number of cyclic esters (lactones) is 2. The van der Waals surface area contributed by atoms with Crippen LogP contribution in [0.3, 0.4) is 0 Å². The predicted octanol–water partition coefficient (Wildman–Crippen LogP) is 3.63. The number of amides is 1. The number of ether oxygens (including phenoxy) is 3. The Morgan fingerprint density at radius 1 is 1.12 bits per heavy atom. The Morgan fingerprint density at radius 3 is 2.31 bits per heavy atom. The summed E-state index contributed by atoms with van der Waals surface area (Å²) in [6.07, 6.45) is 2.83. The lowest BCUT2D eigenvalue weighted by atomic mass is 10.1. The zero-order valence-corrected chi connectivity index (χ0v) is 19.2. The molecule has 1 aromatic carbocycles. The van der Waals surface area contributed by atoms with Crippen LogP contribution in [0.1, 0.15) is 47.5 Å². The zero-order valence-electron chi connectivity index (χ0n) is 19.2. The molecule has 2 aliphatic rings. The van der Waals surface area contributed by atoms with Gasteiger partial charge in [0.15, 0.2) is 5.57 Å². The smallest absolute Gasteiger partial charge is 0.410 e. The van der Waals surface area contributed by atoms with Crippen molar-refractivity contribution in [1.29, 1.82) is 0 Å². The van der Waals surface area contributed by atoms with Crippen LogP contribution >= 0.6 is 0 Å².